The van der Waals surface area contributed by atoms with Gasteiger partial charge in [0.1, 0.15) is 4.88 Å². The normalized spacial score (nSPS) is 13.7. The van der Waals surface area contributed by atoms with E-state index in [1.54, 1.807) is 0 Å². The highest BCUT2D eigenvalue weighted by molar-refractivity contribution is 7.12. The van der Waals surface area contributed by atoms with Crippen molar-refractivity contribution in [1.29, 1.82) is 0 Å². The van der Waals surface area contributed by atoms with Crippen molar-refractivity contribution < 1.29 is 9.53 Å². The molecule has 1 heterocycles. The quantitative estimate of drug-likeness (QED) is 0.607. The third-order valence-electron chi connectivity index (χ3n) is 2.78. The number of carbonyl (C=O) groups excluding carboxylic acids is 1. The van der Waals surface area contributed by atoms with Crippen LogP contribution in [0.4, 0.5) is 0 Å². The highest BCUT2D eigenvalue weighted by Gasteiger charge is 2.20. The number of thiophene rings is 1. The zero-order chi connectivity index (χ0) is 13.5. The molecule has 0 spiro atoms. The maximum atomic E-state index is 11.9. The Hall–Kier alpha value is -1.35. The van der Waals surface area contributed by atoms with Gasteiger partial charge in [-0.25, -0.2) is 0 Å². The topological polar surface area (TPSA) is 64.4 Å². The van der Waals surface area contributed by atoms with E-state index in [9.17, 15) is 4.79 Å². The molecule has 1 aliphatic rings. The summed E-state index contributed by atoms with van der Waals surface area (Å²) in [6.07, 6.45) is 2.56. The van der Waals surface area contributed by atoms with Crippen LogP contribution < -0.4 is 11.1 Å². The molecule has 0 atom stereocenters. The maximum Gasteiger partial charge on any atom is 0.262 e. The van der Waals surface area contributed by atoms with Crippen molar-refractivity contribution in [3.8, 4) is 11.8 Å². The summed E-state index contributed by atoms with van der Waals surface area (Å²) < 4.78 is 5.46. The van der Waals surface area contributed by atoms with Gasteiger partial charge in [0.15, 0.2) is 0 Å². The second kappa shape index (κ2) is 7.29. The van der Waals surface area contributed by atoms with Gasteiger partial charge in [-0.3, -0.25) is 4.79 Å². The molecule has 1 saturated carbocycles. The second-order valence-electron chi connectivity index (χ2n) is 4.44. The maximum absolute atomic E-state index is 11.9. The van der Waals surface area contributed by atoms with Crippen molar-refractivity contribution in [2.75, 3.05) is 26.3 Å². The molecule has 4 nitrogen and oxygen atoms in total. The third-order valence-corrected chi connectivity index (χ3v) is 3.69. The van der Waals surface area contributed by atoms with Crippen LogP contribution in [-0.4, -0.2) is 32.2 Å². The van der Waals surface area contributed by atoms with E-state index >= 15 is 0 Å². The summed E-state index contributed by atoms with van der Waals surface area (Å²) >= 11 is 1.39. The molecule has 1 fully saturated rings. The Balaban J connectivity index is 1.73. The second-order valence-corrected chi connectivity index (χ2v) is 5.36. The Morgan fingerprint density at radius 2 is 2.42 bits per heavy atom. The Morgan fingerprint density at radius 1 is 1.58 bits per heavy atom. The number of amides is 1. The molecular weight excluding hydrogens is 260 g/mol. The van der Waals surface area contributed by atoms with E-state index in [-0.39, 0.29) is 5.91 Å². The van der Waals surface area contributed by atoms with Gasteiger partial charge in [0, 0.05) is 18.7 Å². The van der Waals surface area contributed by atoms with Crippen molar-refractivity contribution in [1.82, 2.24) is 5.32 Å². The fourth-order valence-corrected chi connectivity index (χ4v) is 2.35. The van der Waals surface area contributed by atoms with E-state index in [1.165, 1.54) is 24.2 Å². The number of rotatable bonds is 6. The lowest BCUT2D eigenvalue weighted by Gasteiger charge is -2.05. The average Bonchev–Trinajstić information content (AvgIpc) is 3.12. The fraction of sp³-hybridized carbons (Fsp3) is 0.500. The number of carbonyl (C=O) groups is 1. The van der Waals surface area contributed by atoms with Crippen molar-refractivity contribution >= 4 is 17.2 Å². The van der Waals surface area contributed by atoms with Gasteiger partial charge in [0.2, 0.25) is 0 Å². The van der Waals surface area contributed by atoms with Gasteiger partial charge >= 0.3 is 0 Å². The van der Waals surface area contributed by atoms with Crippen molar-refractivity contribution in [2.45, 2.75) is 12.8 Å². The lowest BCUT2D eigenvalue weighted by Crippen LogP contribution is -2.27. The van der Waals surface area contributed by atoms with Gasteiger partial charge in [0.25, 0.3) is 5.91 Å². The van der Waals surface area contributed by atoms with E-state index in [2.05, 4.69) is 17.2 Å². The van der Waals surface area contributed by atoms with Crippen molar-refractivity contribution in [2.24, 2.45) is 11.7 Å². The number of nitrogens with one attached hydrogen (secondary N) is 1. The lowest BCUT2D eigenvalue weighted by atomic mass is 10.2. The van der Waals surface area contributed by atoms with Gasteiger partial charge in [-0.15, -0.1) is 11.3 Å². The Morgan fingerprint density at radius 3 is 3.16 bits per heavy atom. The van der Waals surface area contributed by atoms with Crippen molar-refractivity contribution in [3.05, 3.63) is 21.9 Å². The summed E-state index contributed by atoms with van der Waals surface area (Å²) in [4.78, 5) is 12.6. The van der Waals surface area contributed by atoms with Crippen LogP contribution in [0.2, 0.25) is 0 Å². The number of nitrogens with two attached hydrogens (primary N) is 1. The first-order valence-electron chi connectivity index (χ1n) is 6.43. The van der Waals surface area contributed by atoms with Crippen LogP contribution in [0, 0.1) is 17.8 Å². The number of ether oxygens (including phenoxy) is 1. The standard InChI is InChI=1S/C14H18N2O2S/c15-6-1-2-12-5-9-19-13(12)14(17)16-7-8-18-10-11-3-4-11/h5,9,11H,3-4,6-8,10,15H2,(H,16,17). The monoisotopic (exact) mass is 278 g/mol. The highest BCUT2D eigenvalue weighted by atomic mass is 32.1. The number of hydrogen-bond acceptors (Lipinski definition) is 4. The highest BCUT2D eigenvalue weighted by Crippen LogP contribution is 2.28. The van der Waals surface area contributed by atoms with E-state index in [4.69, 9.17) is 10.5 Å². The molecule has 0 unspecified atom stereocenters. The molecule has 0 saturated heterocycles. The molecule has 0 aliphatic heterocycles. The van der Waals surface area contributed by atoms with Gasteiger partial charge in [-0.2, -0.15) is 0 Å². The summed E-state index contributed by atoms with van der Waals surface area (Å²) in [5.74, 6) is 6.33. The van der Waals surface area contributed by atoms with E-state index in [1.807, 2.05) is 11.4 Å². The Labute approximate surface area is 117 Å². The molecule has 19 heavy (non-hydrogen) atoms. The first-order valence-corrected chi connectivity index (χ1v) is 7.31. The third kappa shape index (κ3) is 4.67. The molecule has 1 aromatic rings. The van der Waals surface area contributed by atoms with Gasteiger partial charge in [-0.1, -0.05) is 11.8 Å². The van der Waals surface area contributed by atoms with Crippen LogP contribution in [0.15, 0.2) is 11.4 Å². The lowest BCUT2D eigenvalue weighted by molar-refractivity contribution is 0.0910. The minimum absolute atomic E-state index is 0.0913. The van der Waals surface area contributed by atoms with Crippen LogP contribution in [-0.2, 0) is 4.74 Å². The molecule has 3 N–H and O–H groups in total. The molecule has 0 bridgehead atoms. The minimum Gasteiger partial charge on any atom is -0.379 e. The molecule has 0 aromatic carbocycles. The van der Waals surface area contributed by atoms with Gasteiger partial charge < -0.3 is 15.8 Å². The summed E-state index contributed by atoms with van der Waals surface area (Å²) in [5.41, 5.74) is 6.07. The summed E-state index contributed by atoms with van der Waals surface area (Å²) in [7, 11) is 0. The Kier molecular flexibility index (Phi) is 5.40. The smallest absolute Gasteiger partial charge is 0.262 e. The fourth-order valence-electron chi connectivity index (χ4n) is 1.58. The van der Waals surface area contributed by atoms with Crippen molar-refractivity contribution in [3.63, 3.8) is 0 Å². The van der Waals surface area contributed by atoms with E-state index in [0.29, 0.717) is 24.6 Å². The van der Waals surface area contributed by atoms with Crippen LogP contribution in [0.3, 0.4) is 0 Å². The first-order chi connectivity index (χ1) is 9.31. The summed E-state index contributed by atoms with van der Waals surface area (Å²) in [6.45, 7) is 2.22. The zero-order valence-corrected chi connectivity index (χ0v) is 11.6. The predicted molar refractivity (Wildman–Crippen MR) is 76.1 cm³/mol. The molecule has 5 heteroatoms. The van der Waals surface area contributed by atoms with E-state index < -0.39 is 0 Å². The minimum atomic E-state index is -0.0913. The number of hydrogen-bond donors (Lipinski definition) is 2. The van der Waals surface area contributed by atoms with Gasteiger partial charge in [-0.05, 0) is 30.2 Å². The molecule has 2 rings (SSSR count). The van der Waals surface area contributed by atoms with Crippen LogP contribution in [0.25, 0.3) is 0 Å². The molecular formula is C14H18N2O2S. The molecule has 1 aromatic heterocycles. The summed E-state index contributed by atoms with van der Waals surface area (Å²) in [6, 6.07) is 1.84. The zero-order valence-electron chi connectivity index (χ0n) is 10.8. The molecule has 102 valence electrons. The SMILES string of the molecule is NCC#Cc1ccsc1C(=O)NCCOCC1CC1. The van der Waals surface area contributed by atoms with Crippen LogP contribution >= 0.6 is 11.3 Å². The van der Waals surface area contributed by atoms with E-state index in [0.717, 1.165) is 18.1 Å². The summed E-state index contributed by atoms with van der Waals surface area (Å²) in [5, 5.41) is 4.70. The first kappa shape index (κ1) is 14.1. The molecule has 0 radical (unpaired) electrons. The molecule has 1 aliphatic carbocycles. The molecule has 1 amide bonds. The average molecular weight is 278 g/mol. The Bertz CT molecular complexity index is 483. The van der Waals surface area contributed by atoms with Crippen LogP contribution in [0.5, 0.6) is 0 Å². The predicted octanol–water partition coefficient (Wildman–Crippen LogP) is 1.21. The largest absolute Gasteiger partial charge is 0.379 e. The van der Waals surface area contributed by atoms with Gasteiger partial charge in [0.05, 0.1) is 13.2 Å². The van der Waals surface area contributed by atoms with Crippen LogP contribution in [0.1, 0.15) is 28.1 Å².